The summed E-state index contributed by atoms with van der Waals surface area (Å²) in [4.78, 5) is 12.3. The van der Waals surface area contributed by atoms with Crippen LogP contribution in [0.4, 0.5) is 4.39 Å². The highest BCUT2D eigenvalue weighted by Gasteiger charge is 2.31. The fraction of sp³-hybridized carbons (Fsp3) is 0.462. The number of thioether (sulfide) groups is 2. The minimum absolute atomic E-state index is 0.0134. The van der Waals surface area contributed by atoms with Crippen LogP contribution in [0.25, 0.3) is 0 Å². The molecule has 1 fully saturated rings. The molecule has 1 heterocycles. The van der Waals surface area contributed by atoms with E-state index in [0.717, 1.165) is 17.9 Å². The summed E-state index contributed by atoms with van der Waals surface area (Å²) in [6.45, 7) is 2.11. The zero-order valence-electron chi connectivity index (χ0n) is 9.69. The molecule has 2 atom stereocenters. The molecule has 0 N–H and O–H groups in total. The maximum Gasteiger partial charge on any atom is 0.177 e. The first-order chi connectivity index (χ1) is 8.22. The van der Waals surface area contributed by atoms with Crippen LogP contribution in [0.3, 0.4) is 0 Å². The SMILES string of the molecule is CCC1SCCSC1C(=O)c1cccc(F)c1. The van der Waals surface area contributed by atoms with Gasteiger partial charge in [-0.25, -0.2) is 4.39 Å². The summed E-state index contributed by atoms with van der Waals surface area (Å²) < 4.78 is 13.1. The molecule has 0 spiro atoms. The third-order valence-electron chi connectivity index (χ3n) is 2.82. The molecule has 1 saturated heterocycles. The lowest BCUT2D eigenvalue weighted by atomic mass is 10.0. The third kappa shape index (κ3) is 3.05. The number of Topliss-reactive ketones (excluding diaryl/α,β-unsaturated/α-hetero) is 1. The monoisotopic (exact) mass is 270 g/mol. The second-order valence-corrected chi connectivity index (χ2v) is 6.58. The molecule has 1 aliphatic rings. The van der Waals surface area contributed by atoms with Crippen molar-refractivity contribution in [2.75, 3.05) is 11.5 Å². The van der Waals surface area contributed by atoms with Crippen molar-refractivity contribution in [3.63, 3.8) is 0 Å². The van der Waals surface area contributed by atoms with Crippen molar-refractivity contribution in [2.24, 2.45) is 0 Å². The summed E-state index contributed by atoms with van der Waals surface area (Å²) in [5.74, 6) is 1.86. The highest BCUT2D eigenvalue weighted by atomic mass is 32.2. The molecule has 0 bridgehead atoms. The van der Waals surface area contributed by atoms with Crippen molar-refractivity contribution in [1.82, 2.24) is 0 Å². The van der Waals surface area contributed by atoms with Gasteiger partial charge in [0, 0.05) is 22.3 Å². The first-order valence-electron chi connectivity index (χ1n) is 5.75. The van der Waals surface area contributed by atoms with Crippen LogP contribution in [-0.4, -0.2) is 27.8 Å². The van der Waals surface area contributed by atoms with Crippen molar-refractivity contribution in [3.05, 3.63) is 35.6 Å². The Morgan fingerprint density at radius 2 is 2.18 bits per heavy atom. The van der Waals surface area contributed by atoms with Crippen LogP contribution in [0.5, 0.6) is 0 Å². The van der Waals surface area contributed by atoms with Crippen LogP contribution < -0.4 is 0 Å². The van der Waals surface area contributed by atoms with E-state index >= 15 is 0 Å². The Hall–Kier alpha value is -0.480. The Morgan fingerprint density at radius 3 is 2.88 bits per heavy atom. The quantitative estimate of drug-likeness (QED) is 0.781. The van der Waals surface area contributed by atoms with Crippen molar-refractivity contribution in [3.8, 4) is 0 Å². The lowest BCUT2D eigenvalue weighted by Gasteiger charge is -2.28. The minimum atomic E-state index is -0.336. The van der Waals surface area contributed by atoms with Crippen molar-refractivity contribution >= 4 is 29.3 Å². The number of benzene rings is 1. The largest absolute Gasteiger partial charge is 0.293 e. The first kappa shape index (κ1) is 13.0. The highest BCUT2D eigenvalue weighted by Crippen LogP contribution is 2.35. The lowest BCUT2D eigenvalue weighted by molar-refractivity contribution is 0.0987. The van der Waals surface area contributed by atoms with E-state index in [1.54, 1.807) is 23.9 Å². The Bertz CT molecular complexity index is 408. The maximum absolute atomic E-state index is 13.1. The van der Waals surface area contributed by atoms with Gasteiger partial charge in [0.05, 0.1) is 5.25 Å². The van der Waals surface area contributed by atoms with Crippen LogP contribution in [0.15, 0.2) is 24.3 Å². The van der Waals surface area contributed by atoms with Gasteiger partial charge in [-0.3, -0.25) is 4.79 Å². The molecule has 2 rings (SSSR count). The summed E-state index contributed by atoms with van der Waals surface area (Å²) in [5.41, 5.74) is 0.503. The van der Waals surface area contributed by atoms with Gasteiger partial charge in [-0.2, -0.15) is 11.8 Å². The molecular weight excluding hydrogens is 255 g/mol. The Balaban J connectivity index is 2.18. The van der Waals surface area contributed by atoms with Gasteiger partial charge < -0.3 is 0 Å². The third-order valence-corrected chi connectivity index (χ3v) is 6.07. The smallest absolute Gasteiger partial charge is 0.177 e. The van der Waals surface area contributed by atoms with Gasteiger partial charge in [0.25, 0.3) is 0 Å². The first-order valence-corrected chi connectivity index (χ1v) is 7.85. The molecule has 2 unspecified atom stereocenters. The van der Waals surface area contributed by atoms with E-state index in [0.29, 0.717) is 10.8 Å². The number of carbonyl (C=O) groups is 1. The highest BCUT2D eigenvalue weighted by molar-refractivity contribution is 8.07. The molecule has 1 aromatic rings. The van der Waals surface area contributed by atoms with Crippen LogP contribution in [-0.2, 0) is 0 Å². The van der Waals surface area contributed by atoms with Crippen LogP contribution in [0, 0.1) is 5.82 Å². The second kappa shape index (κ2) is 5.91. The van der Waals surface area contributed by atoms with E-state index in [4.69, 9.17) is 0 Å². The fourth-order valence-electron chi connectivity index (χ4n) is 1.95. The molecular formula is C13H15FOS2. The van der Waals surface area contributed by atoms with Crippen LogP contribution in [0.1, 0.15) is 23.7 Å². The Morgan fingerprint density at radius 1 is 1.41 bits per heavy atom. The predicted molar refractivity (Wildman–Crippen MR) is 73.5 cm³/mol. The summed E-state index contributed by atoms with van der Waals surface area (Å²) in [6.07, 6.45) is 0.989. The van der Waals surface area contributed by atoms with Gasteiger partial charge in [-0.15, -0.1) is 11.8 Å². The Labute approximate surface area is 110 Å². The van der Waals surface area contributed by atoms with Crippen LogP contribution >= 0.6 is 23.5 Å². The molecule has 0 radical (unpaired) electrons. The summed E-state index contributed by atoms with van der Waals surface area (Å²) in [5, 5.41) is 0.352. The summed E-state index contributed by atoms with van der Waals surface area (Å²) in [6, 6.07) is 6.02. The van der Waals surface area contributed by atoms with Gasteiger partial charge in [0.15, 0.2) is 5.78 Å². The lowest BCUT2D eigenvalue weighted by Crippen LogP contribution is -2.32. The van der Waals surface area contributed by atoms with E-state index < -0.39 is 0 Å². The summed E-state index contributed by atoms with van der Waals surface area (Å²) in [7, 11) is 0. The predicted octanol–water partition coefficient (Wildman–Crippen LogP) is 3.64. The second-order valence-electron chi connectivity index (χ2n) is 3.98. The standard InChI is InChI=1S/C13H15FOS2/c1-2-11-13(17-7-6-16-11)12(15)9-4-3-5-10(14)8-9/h3-5,8,11,13H,2,6-7H2,1H3. The van der Waals surface area contributed by atoms with Gasteiger partial charge in [-0.05, 0) is 18.6 Å². The topological polar surface area (TPSA) is 17.1 Å². The average molecular weight is 270 g/mol. The molecule has 17 heavy (non-hydrogen) atoms. The zero-order chi connectivity index (χ0) is 12.3. The minimum Gasteiger partial charge on any atom is -0.293 e. The molecule has 0 amide bonds. The van der Waals surface area contributed by atoms with Gasteiger partial charge in [0.2, 0.25) is 0 Å². The molecule has 4 heteroatoms. The Kier molecular flexibility index (Phi) is 4.51. The zero-order valence-corrected chi connectivity index (χ0v) is 11.3. The van der Waals surface area contributed by atoms with E-state index in [1.165, 1.54) is 12.1 Å². The summed E-state index contributed by atoms with van der Waals surface area (Å²) >= 11 is 3.57. The van der Waals surface area contributed by atoms with Gasteiger partial charge in [0.1, 0.15) is 5.82 Å². The van der Waals surface area contributed by atoms with E-state index in [9.17, 15) is 9.18 Å². The van der Waals surface area contributed by atoms with Crippen molar-refractivity contribution < 1.29 is 9.18 Å². The number of carbonyl (C=O) groups excluding carboxylic acids is 1. The number of ketones is 1. The van der Waals surface area contributed by atoms with Gasteiger partial charge >= 0.3 is 0 Å². The molecule has 0 aliphatic carbocycles. The molecule has 1 aliphatic heterocycles. The van der Waals surface area contributed by atoms with E-state index in [1.807, 2.05) is 11.8 Å². The normalized spacial score (nSPS) is 24.6. The van der Waals surface area contributed by atoms with E-state index in [-0.39, 0.29) is 16.9 Å². The number of halogens is 1. The number of hydrogen-bond acceptors (Lipinski definition) is 3. The van der Waals surface area contributed by atoms with Crippen LogP contribution in [0.2, 0.25) is 0 Å². The fourth-order valence-corrected chi connectivity index (χ4v) is 4.98. The molecule has 0 saturated carbocycles. The molecule has 1 aromatic carbocycles. The maximum atomic E-state index is 13.1. The molecule has 1 nitrogen and oxygen atoms in total. The molecule has 0 aromatic heterocycles. The van der Waals surface area contributed by atoms with Crippen molar-refractivity contribution in [1.29, 1.82) is 0 Å². The van der Waals surface area contributed by atoms with Gasteiger partial charge in [-0.1, -0.05) is 19.1 Å². The number of rotatable bonds is 3. The van der Waals surface area contributed by atoms with Crippen molar-refractivity contribution in [2.45, 2.75) is 23.8 Å². The molecule has 92 valence electrons. The van der Waals surface area contributed by atoms with E-state index in [2.05, 4.69) is 6.92 Å². The average Bonchev–Trinajstić information content (AvgIpc) is 2.38. The number of hydrogen-bond donors (Lipinski definition) is 0.